The SMILES string of the molecule is CC[C@H](C)[C@@H](/C=C/c1ccc(C)cc1)NC(=O)OC(C)(C)C. The number of amides is 1. The smallest absolute Gasteiger partial charge is 0.408 e. The summed E-state index contributed by atoms with van der Waals surface area (Å²) in [6.45, 7) is 11.9. The van der Waals surface area contributed by atoms with Crippen molar-refractivity contribution in [2.45, 2.75) is 59.6 Å². The zero-order chi connectivity index (χ0) is 16.8. The molecule has 22 heavy (non-hydrogen) atoms. The molecular weight excluding hydrogens is 274 g/mol. The van der Waals surface area contributed by atoms with Crippen LogP contribution in [0, 0.1) is 12.8 Å². The van der Waals surface area contributed by atoms with Gasteiger partial charge >= 0.3 is 6.09 Å². The van der Waals surface area contributed by atoms with Gasteiger partial charge in [0.2, 0.25) is 0 Å². The van der Waals surface area contributed by atoms with Crippen LogP contribution in [-0.4, -0.2) is 17.7 Å². The summed E-state index contributed by atoms with van der Waals surface area (Å²) in [5.74, 6) is 0.342. The minimum Gasteiger partial charge on any atom is -0.444 e. The van der Waals surface area contributed by atoms with Gasteiger partial charge in [0.25, 0.3) is 0 Å². The number of hydrogen-bond donors (Lipinski definition) is 1. The molecule has 0 aliphatic heterocycles. The van der Waals surface area contributed by atoms with Crippen molar-refractivity contribution in [2.75, 3.05) is 0 Å². The number of aryl methyl sites for hydroxylation is 1. The predicted molar refractivity (Wildman–Crippen MR) is 92.8 cm³/mol. The summed E-state index contributed by atoms with van der Waals surface area (Å²) in [5.41, 5.74) is 1.89. The number of ether oxygens (including phenoxy) is 1. The molecule has 3 nitrogen and oxygen atoms in total. The Labute approximate surface area is 134 Å². The summed E-state index contributed by atoms with van der Waals surface area (Å²) < 4.78 is 5.35. The van der Waals surface area contributed by atoms with Crippen LogP contribution in [0.15, 0.2) is 30.3 Å². The predicted octanol–water partition coefficient (Wildman–Crippen LogP) is 4.95. The molecule has 0 unspecified atom stereocenters. The molecule has 122 valence electrons. The van der Waals surface area contributed by atoms with E-state index < -0.39 is 5.60 Å². The van der Waals surface area contributed by atoms with Gasteiger partial charge in [0.15, 0.2) is 0 Å². The van der Waals surface area contributed by atoms with E-state index in [1.54, 1.807) is 0 Å². The number of carbonyl (C=O) groups is 1. The molecule has 0 spiro atoms. The van der Waals surface area contributed by atoms with Crippen LogP contribution in [-0.2, 0) is 4.74 Å². The van der Waals surface area contributed by atoms with E-state index in [-0.39, 0.29) is 12.1 Å². The van der Waals surface area contributed by atoms with Crippen molar-refractivity contribution in [1.29, 1.82) is 0 Å². The normalized spacial score (nSPS) is 14.6. The molecule has 0 radical (unpaired) electrons. The zero-order valence-electron chi connectivity index (χ0n) is 14.6. The maximum Gasteiger partial charge on any atom is 0.408 e. The van der Waals surface area contributed by atoms with E-state index in [1.807, 2.05) is 32.9 Å². The standard InChI is InChI=1S/C19H29NO2/c1-7-15(3)17(20-18(21)22-19(4,5)6)13-12-16-10-8-14(2)9-11-16/h8-13,15,17H,7H2,1-6H3,(H,20,21)/b13-12+/t15-,17+/m0/s1. The topological polar surface area (TPSA) is 38.3 Å². The van der Waals surface area contributed by atoms with Gasteiger partial charge < -0.3 is 10.1 Å². The monoisotopic (exact) mass is 303 g/mol. The first-order valence-corrected chi connectivity index (χ1v) is 7.95. The second-order valence-electron chi connectivity index (χ2n) is 6.83. The first kappa shape index (κ1) is 18.3. The van der Waals surface area contributed by atoms with Crippen LogP contribution in [0.25, 0.3) is 6.08 Å². The molecule has 1 amide bonds. The molecular formula is C19H29NO2. The number of carbonyl (C=O) groups excluding carboxylic acids is 1. The lowest BCUT2D eigenvalue weighted by atomic mass is 9.98. The maximum atomic E-state index is 12.0. The van der Waals surface area contributed by atoms with Crippen molar-refractivity contribution < 1.29 is 9.53 Å². The number of nitrogens with one attached hydrogen (secondary N) is 1. The van der Waals surface area contributed by atoms with E-state index in [2.05, 4.69) is 50.4 Å². The Morgan fingerprint density at radius 2 is 1.86 bits per heavy atom. The highest BCUT2D eigenvalue weighted by Crippen LogP contribution is 2.14. The van der Waals surface area contributed by atoms with Crippen molar-refractivity contribution in [2.24, 2.45) is 5.92 Å². The van der Waals surface area contributed by atoms with Crippen LogP contribution in [0.3, 0.4) is 0 Å². The average molecular weight is 303 g/mol. The lowest BCUT2D eigenvalue weighted by Gasteiger charge is -2.25. The minimum absolute atomic E-state index is 0.0406. The highest BCUT2D eigenvalue weighted by molar-refractivity contribution is 5.69. The molecule has 0 aliphatic rings. The van der Waals surface area contributed by atoms with E-state index in [1.165, 1.54) is 5.56 Å². The van der Waals surface area contributed by atoms with Gasteiger partial charge in [0.1, 0.15) is 5.60 Å². The van der Waals surface area contributed by atoms with Crippen molar-refractivity contribution in [1.82, 2.24) is 5.32 Å². The minimum atomic E-state index is -0.481. The average Bonchev–Trinajstić information content (AvgIpc) is 2.42. The number of hydrogen-bond acceptors (Lipinski definition) is 2. The van der Waals surface area contributed by atoms with Crippen molar-refractivity contribution >= 4 is 12.2 Å². The van der Waals surface area contributed by atoms with Gasteiger partial charge in [-0.25, -0.2) is 4.79 Å². The lowest BCUT2D eigenvalue weighted by Crippen LogP contribution is -2.41. The summed E-state index contributed by atoms with van der Waals surface area (Å²) in [6, 6.07) is 8.28. The highest BCUT2D eigenvalue weighted by atomic mass is 16.6. The van der Waals surface area contributed by atoms with Crippen LogP contribution in [0.2, 0.25) is 0 Å². The molecule has 1 aromatic rings. The van der Waals surface area contributed by atoms with Crippen molar-refractivity contribution in [3.63, 3.8) is 0 Å². The van der Waals surface area contributed by atoms with E-state index in [0.717, 1.165) is 12.0 Å². The Hall–Kier alpha value is -1.77. The summed E-state index contributed by atoms with van der Waals surface area (Å²) in [6.07, 6.45) is 4.71. The van der Waals surface area contributed by atoms with Gasteiger partial charge in [0.05, 0.1) is 6.04 Å². The number of rotatable bonds is 5. The van der Waals surface area contributed by atoms with Crippen molar-refractivity contribution in [3.05, 3.63) is 41.5 Å². The zero-order valence-corrected chi connectivity index (χ0v) is 14.6. The highest BCUT2D eigenvalue weighted by Gasteiger charge is 2.20. The van der Waals surface area contributed by atoms with Gasteiger partial charge in [-0.2, -0.15) is 0 Å². The van der Waals surface area contributed by atoms with Gasteiger partial charge in [-0.05, 0) is 39.2 Å². The first-order valence-electron chi connectivity index (χ1n) is 7.95. The van der Waals surface area contributed by atoms with Gasteiger partial charge in [0, 0.05) is 0 Å². The van der Waals surface area contributed by atoms with E-state index >= 15 is 0 Å². The van der Waals surface area contributed by atoms with Crippen molar-refractivity contribution in [3.8, 4) is 0 Å². The Balaban J connectivity index is 2.76. The van der Waals surface area contributed by atoms with Crippen LogP contribution in [0.5, 0.6) is 0 Å². The van der Waals surface area contributed by atoms with Crippen LogP contribution in [0.4, 0.5) is 4.79 Å². The van der Waals surface area contributed by atoms with E-state index in [4.69, 9.17) is 4.74 Å². The Morgan fingerprint density at radius 3 is 2.36 bits per heavy atom. The molecule has 0 aromatic heterocycles. The second kappa shape index (κ2) is 8.02. The molecule has 0 bridgehead atoms. The summed E-state index contributed by atoms with van der Waals surface area (Å²) in [4.78, 5) is 12.0. The fraction of sp³-hybridized carbons (Fsp3) is 0.526. The van der Waals surface area contributed by atoms with Crippen LogP contribution < -0.4 is 5.32 Å². The largest absolute Gasteiger partial charge is 0.444 e. The molecule has 0 fully saturated rings. The fourth-order valence-electron chi connectivity index (χ4n) is 1.97. The Bertz CT molecular complexity index is 497. The third-order valence-electron chi connectivity index (χ3n) is 3.51. The third kappa shape index (κ3) is 6.79. The first-order chi connectivity index (χ1) is 10.2. The van der Waals surface area contributed by atoms with E-state index in [9.17, 15) is 4.79 Å². The summed E-state index contributed by atoms with van der Waals surface area (Å²) >= 11 is 0. The number of benzene rings is 1. The molecule has 0 aliphatic carbocycles. The maximum absolute atomic E-state index is 12.0. The molecule has 0 heterocycles. The van der Waals surface area contributed by atoms with Gasteiger partial charge in [-0.3, -0.25) is 0 Å². The summed E-state index contributed by atoms with van der Waals surface area (Å²) in [7, 11) is 0. The van der Waals surface area contributed by atoms with Gasteiger partial charge in [-0.15, -0.1) is 0 Å². The Kier molecular flexibility index (Phi) is 6.66. The molecule has 0 saturated carbocycles. The van der Waals surface area contributed by atoms with E-state index in [0.29, 0.717) is 5.92 Å². The summed E-state index contributed by atoms with van der Waals surface area (Å²) in [5, 5.41) is 2.96. The quantitative estimate of drug-likeness (QED) is 0.836. The molecule has 1 N–H and O–H groups in total. The fourth-order valence-corrected chi connectivity index (χ4v) is 1.97. The lowest BCUT2D eigenvalue weighted by molar-refractivity contribution is 0.0502. The third-order valence-corrected chi connectivity index (χ3v) is 3.51. The molecule has 3 heteroatoms. The molecule has 0 saturated heterocycles. The van der Waals surface area contributed by atoms with Crippen LogP contribution in [0.1, 0.15) is 52.2 Å². The second-order valence-corrected chi connectivity index (χ2v) is 6.83. The Morgan fingerprint density at radius 1 is 1.27 bits per heavy atom. The number of alkyl carbamates (subject to hydrolysis) is 1. The van der Waals surface area contributed by atoms with Gasteiger partial charge in [-0.1, -0.05) is 62.2 Å². The van der Waals surface area contributed by atoms with Crippen LogP contribution >= 0.6 is 0 Å². The molecule has 1 aromatic carbocycles. The molecule has 1 rings (SSSR count). The molecule has 2 atom stereocenters.